The summed E-state index contributed by atoms with van der Waals surface area (Å²) < 4.78 is 0. The van der Waals surface area contributed by atoms with Crippen molar-refractivity contribution < 1.29 is 4.79 Å². The maximum atomic E-state index is 11.5. The Morgan fingerprint density at radius 2 is 1.74 bits per heavy atom. The molecule has 2 aliphatic rings. The molecule has 0 spiro atoms. The minimum absolute atomic E-state index is 0.242. The number of hydrogen-bond acceptors (Lipinski definition) is 2. The molecule has 1 aromatic rings. The van der Waals surface area contributed by atoms with Crippen molar-refractivity contribution in [2.45, 2.75) is 46.6 Å². The molecule has 1 atom stereocenters. The molecule has 0 aliphatic carbocycles. The molecule has 23 heavy (non-hydrogen) atoms. The van der Waals surface area contributed by atoms with E-state index in [4.69, 9.17) is 0 Å². The lowest BCUT2D eigenvalue weighted by Gasteiger charge is -2.34. The third kappa shape index (κ3) is 3.95. The Hall–Kier alpha value is -1.35. The second kappa shape index (κ2) is 7.04. The highest BCUT2D eigenvalue weighted by atomic mass is 16.2. The van der Waals surface area contributed by atoms with E-state index >= 15 is 0 Å². The normalized spacial score (nSPS) is 23.4. The Balaban J connectivity index is 1.51. The summed E-state index contributed by atoms with van der Waals surface area (Å²) in [6, 6.07) is 6.87. The largest absolute Gasteiger partial charge is 0.343 e. The number of carbonyl (C=O) groups is 1. The van der Waals surface area contributed by atoms with E-state index in [1.54, 1.807) is 6.92 Å². The molecule has 3 heteroatoms. The van der Waals surface area contributed by atoms with Gasteiger partial charge in [0.1, 0.15) is 0 Å². The molecule has 0 saturated carbocycles. The van der Waals surface area contributed by atoms with E-state index < -0.39 is 0 Å². The summed E-state index contributed by atoms with van der Waals surface area (Å²) in [6.07, 6.45) is 3.72. The zero-order valence-electron chi connectivity index (χ0n) is 14.8. The van der Waals surface area contributed by atoms with Crippen LogP contribution < -0.4 is 0 Å². The van der Waals surface area contributed by atoms with Crippen molar-refractivity contribution in [3.05, 3.63) is 34.9 Å². The highest BCUT2D eigenvalue weighted by Crippen LogP contribution is 2.32. The first kappa shape index (κ1) is 16.5. The molecule has 2 aliphatic heterocycles. The van der Waals surface area contributed by atoms with Crippen LogP contribution in [-0.4, -0.2) is 41.9 Å². The molecule has 2 saturated heterocycles. The maximum absolute atomic E-state index is 11.5. The predicted octanol–water partition coefficient (Wildman–Crippen LogP) is 3.38. The maximum Gasteiger partial charge on any atom is 0.219 e. The lowest BCUT2D eigenvalue weighted by molar-refractivity contribution is -0.130. The van der Waals surface area contributed by atoms with Crippen LogP contribution in [-0.2, 0) is 11.3 Å². The van der Waals surface area contributed by atoms with Gasteiger partial charge in [0, 0.05) is 33.1 Å². The Morgan fingerprint density at radius 1 is 1.04 bits per heavy atom. The lowest BCUT2D eigenvalue weighted by atomic mass is 9.84. The van der Waals surface area contributed by atoms with Crippen LogP contribution in [0.25, 0.3) is 0 Å². The van der Waals surface area contributed by atoms with Gasteiger partial charge in [0.05, 0.1) is 0 Å². The number of rotatable bonds is 3. The molecule has 3 nitrogen and oxygen atoms in total. The molecule has 0 bridgehead atoms. The Morgan fingerprint density at radius 3 is 2.39 bits per heavy atom. The third-order valence-electron chi connectivity index (χ3n) is 5.94. The molecular formula is C20H30N2O. The van der Waals surface area contributed by atoms with Crippen LogP contribution in [0, 0.1) is 25.7 Å². The van der Waals surface area contributed by atoms with E-state index in [-0.39, 0.29) is 5.91 Å². The van der Waals surface area contributed by atoms with E-state index in [1.165, 1.54) is 49.0 Å². The topological polar surface area (TPSA) is 23.6 Å². The fourth-order valence-corrected chi connectivity index (χ4v) is 4.24. The van der Waals surface area contributed by atoms with E-state index in [2.05, 4.69) is 36.9 Å². The van der Waals surface area contributed by atoms with Gasteiger partial charge >= 0.3 is 0 Å². The van der Waals surface area contributed by atoms with Crippen LogP contribution >= 0.6 is 0 Å². The quantitative estimate of drug-likeness (QED) is 0.854. The number of amides is 1. The molecule has 0 N–H and O–H groups in total. The molecule has 1 amide bonds. The zero-order valence-corrected chi connectivity index (χ0v) is 14.8. The first-order valence-electron chi connectivity index (χ1n) is 9.07. The molecule has 2 fully saturated rings. The van der Waals surface area contributed by atoms with E-state index in [0.717, 1.165) is 31.5 Å². The number of piperidine rings is 1. The van der Waals surface area contributed by atoms with Crippen molar-refractivity contribution in [1.82, 2.24) is 9.80 Å². The average Bonchev–Trinajstić information content (AvgIpc) is 2.99. The number of benzene rings is 1. The van der Waals surface area contributed by atoms with Crippen molar-refractivity contribution in [3.8, 4) is 0 Å². The molecule has 2 heterocycles. The van der Waals surface area contributed by atoms with Gasteiger partial charge in [-0.05, 0) is 68.2 Å². The van der Waals surface area contributed by atoms with Gasteiger partial charge in [-0.2, -0.15) is 0 Å². The first-order valence-corrected chi connectivity index (χ1v) is 9.07. The summed E-state index contributed by atoms with van der Waals surface area (Å²) in [5, 5.41) is 0. The summed E-state index contributed by atoms with van der Waals surface area (Å²) in [5.74, 6) is 1.89. The standard InChI is InChI=1S/C20H30N2O/c1-15-4-5-18(12-16(15)2)13-21-9-6-20(14-21)19-7-10-22(11-8-19)17(3)23/h4-5,12,19-20H,6-11,13-14H2,1-3H3. The Bertz CT molecular complexity index is 561. The number of likely N-dealkylation sites (tertiary alicyclic amines) is 2. The molecule has 3 rings (SSSR count). The van der Waals surface area contributed by atoms with Crippen molar-refractivity contribution in [1.29, 1.82) is 0 Å². The monoisotopic (exact) mass is 314 g/mol. The van der Waals surface area contributed by atoms with Crippen molar-refractivity contribution in [2.24, 2.45) is 11.8 Å². The summed E-state index contributed by atoms with van der Waals surface area (Å²) in [7, 11) is 0. The molecular weight excluding hydrogens is 284 g/mol. The van der Waals surface area contributed by atoms with Crippen LogP contribution in [0.2, 0.25) is 0 Å². The van der Waals surface area contributed by atoms with Gasteiger partial charge < -0.3 is 4.90 Å². The number of aryl methyl sites for hydroxylation is 2. The van der Waals surface area contributed by atoms with Crippen LogP contribution in [0.15, 0.2) is 18.2 Å². The number of carbonyl (C=O) groups excluding carboxylic acids is 1. The van der Waals surface area contributed by atoms with Gasteiger partial charge in [0.25, 0.3) is 0 Å². The number of nitrogens with zero attached hydrogens (tertiary/aromatic N) is 2. The molecule has 1 unspecified atom stereocenters. The highest BCUT2D eigenvalue weighted by Gasteiger charge is 2.32. The van der Waals surface area contributed by atoms with Crippen molar-refractivity contribution in [2.75, 3.05) is 26.2 Å². The van der Waals surface area contributed by atoms with E-state index in [0.29, 0.717) is 0 Å². The predicted molar refractivity (Wildman–Crippen MR) is 94.3 cm³/mol. The molecule has 126 valence electrons. The average molecular weight is 314 g/mol. The third-order valence-corrected chi connectivity index (χ3v) is 5.94. The summed E-state index contributed by atoms with van der Waals surface area (Å²) in [5.41, 5.74) is 4.22. The van der Waals surface area contributed by atoms with Crippen LogP contribution in [0.1, 0.15) is 42.9 Å². The fourth-order valence-electron chi connectivity index (χ4n) is 4.24. The zero-order chi connectivity index (χ0) is 16.4. The van der Waals surface area contributed by atoms with Crippen LogP contribution in [0.3, 0.4) is 0 Å². The second-order valence-electron chi connectivity index (χ2n) is 7.55. The van der Waals surface area contributed by atoms with Crippen LogP contribution in [0.5, 0.6) is 0 Å². The first-order chi connectivity index (χ1) is 11.0. The minimum Gasteiger partial charge on any atom is -0.343 e. The van der Waals surface area contributed by atoms with Crippen molar-refractivity contribution >= 4 is 5.91 Å². The Kier molecular flexibility index (Phi) is 5.05. The van der Waals surface area contributed by atoms with Crippen LogP contribution in [0.4, 0.5) is 0 Å². The number of hydrogen-bond donors (Lipinski definition) is 0. The highest BCUT2D eigenvalue weighted by molar-refractivity contribution is 5.73. The fraction of sp³-hybridized carbons (Fsp3) is 0.650. The summed E-state index contributed by atoms with van der Waals surface area (Å²) >= 11 is 0. The molecule has 0 radical (unpaired) electrons. The van der Waals surface area contributed by atoms with Gasteiger partial charge in [-0.15, -0.1) is 0 Å². The van der Waals surface area contributed by atoms with Gasteiger partial charge in [0.15, 0.2) is 0 Å². The lowest BCUT2D eigenvalue weighted by Crippen LogP contribution is -2.39. The smallest absolute Gasteiger partial charge is 0.219 e. The summed E-state index contributed by atoms with van der Waals surface area (Å²) in [6.45, 7) is 11.6. The molecule has 0 aromatic heterocycles. The van der Waals surface area contributed by atoms with Crippen molar-refractivity contribution in [3.63, 3.8) is 0 Å². The SMILES string of the molecule is CC(=O)N1CCC(C2CCN(Cc3ccc(C)c(C)c3)C2)CC1. The van der Waals surface area contributed by atoms with Gasteiger partial charge in [-0.25, -0.2) is 0 Å². The van der Waals surface area contributed by atoms with Gasteiger partial charge in [0.2, 0.25) is 5.91 Å². The van der Waals surface area contributed by atoms with E-state index in [1.807, 2.05) is 4.90 Å². The summed E-state index contributed by atoms with van der Waals surface area (Å²) in [4.78, 5) is 16.1. The second-order valence-corrected chi connectivity index (χ2v) is 7.55. The molecule has 1 aromatic carbocycles. The van der Waals surface area contributed by atoms with E-state index in [9.17, 15) is 4.79 Å². The van der Waals surface area contributed by atoms with Gasteiger partial charge in [-0.3, -0.25) is 9.69 Å². The minimum atomic E-state index is 0.242. The Labute approximate surface area is 140 Å². The van der Waals surface area contributed by atoms with Gasteiger partial charge in [-0.1, -0.05) is 18.2 Å².